The summed E-state index contributed by atoms with van der Waals surface area (Å²) in [5.74, 6) is 2.58. The van der Waals surface area contributed by atoms with Gasteiger partial charge in [-0.25, -0.2) is 4.79 Å². The normalized spacial score (nSPS) is 13.3. The topological polar surface area (TPSA) is 72.3 Å². The molecule has 0 radical (unpaired) electrons. The number of benzene rings is 2. The molecule has 7 heteroatoms. The first-order valence-electron chi connectivity index (χ1n) is 10.8. The van der Waals surface area contributed by atoms with E-state index in [9.17, 15) is 4.79 Å². The van der Waals surface area contributed by atoms with Gasteiger partial charge in [-0.15, -0.1) is 10.2 Å². The molecule has 0 unspecified atom stereocenters. The molecule has 162 valence electrons. The lowest BCUT2D eigenvalue weighted by Gasteiger charge is -2.24. The van der Waals surface area contributed by atoms with Crippen LogP contribution in [-0.2, 0) is 19.5 Å². The van der Waals surface area contributed by atoms with Crippen LogP contribution in [0.2, 0.25) is 0 Å². The number of fused-ring (bicyclic) bond motifs is 1. The van der Waals surface area contributed by atoms with E-state index in [0.29, 0.717) is 12.2 Å². The average Bonchev–Trinajstić information content (AvgIpc) is 3.00. The quantitative estimate of drug-likeness (QED) is 0.640. The summed E-state index contributed by atoms with van der Waals surface area (Å²) in [5.41, 5.74) is 3.87. The molecule has 7 nitrogen and oxygen atoms in total. The van der Waals surface area contributed by atoms with Crippen molar-refractivity contribution in [3.8, 4) is 5.75 Å². The monoisotopic (exact) mass is 419 g/mol. The molecule has 2 heterocycles. The fourth-order valence-corrected chi connectivity index (χ4v) is 3.84. The van der Waals surface area contributed by atoms with Crippen molar-refractivity contribution in [1.82, 2.24) is 14.8 Å². The van der Waals surface area contributed by atoms with E-state index < -0.39 is 0 Å². The summed E-state index contributed by atoms with van der Waals surface area (Å²) in [4.78, 5) is 15.1. The van der Waals surface area contributed by atoms with E-state index in [1.165, 1.54) is 12.0 Å². The first kappa shape index (κ1) is 20.9. The summed E-state index contributed by atoms with van der Waals surface area (Å²) >= 11 is 0. The highest BCUT2D eigenvalue weighted by molar-refractivity contribution is 6.01. The molecule has 1 aliphatic heterocycles. The van der Waals surface area contributed by atoms with Crippen LogP contribution in [-0.4, -0.2) is 27.9 Å². The Morgan fingerprint density at radius 1 is 1.06 bits per heavy atom. The van der Waals surface area contributed by atoms with Gasteiger partial charge in [-0.2, -0.15) is 0 Å². The van der Waals surface area contributed by atoms with Gasteiger partial charge < -0.3 is 14.6 Å². The molecular formula is C24H29N5O2. The predicted octanol–water partition coefficient (Wildman–Crippen LogP) is 4.87. The number of nitrogens with zero attached hydrogens (tertiary/aromatic N) is 4. The molecule has 0 saturated heterocycles. The highest BCUT2D eigenvalue weighted by Crippen LogP contribution is 2.24. The van der Waals surface area contributed by atoms with Crippen molar-refractivity contribution in [2.75, 3.05) is 17.3 Å². The first-order chi connectivity index (χ1) is 15.0. The van der Waals surface area contributed by atoms with Crippen molar-refractivity contribution in [2.45, 2.75) is 52.6 Å². The van der Waals surface area contributed by atoms with Gasteiger partial charge in [-0.3, -0.25) is 4.90 Å². The number of hydrogen-bond donors (Lipinski definition) is 1. The van der Waals surface area contributed by atoms with Gasteiger partial charge in [-0.1, -0.05) is 12.5 Å². The molecular weight excluding hydrogens is 390 g/mol. The molecule has 2 amide bonds. The molecule has 0 atom stereocenters. The molecule has 0 saturated carbocycles. The second-order valence-electron chi connectivity index (χ2n) is 8.01. The third-order valence-electron chi connectivity index (χ3n) is 5.87. The zero-order chi connectivity index (χ0) is 21.8. The molecule has 3 aromatic rings. The summed E-state index contributed by atoms with van der Waals surface area (Å²) in [6, 6.07) is 13.2. The fraction of sp³-hybridized carbons (Fsp3) is 0.375. The number of urea groups is 1. The lowest BCUT2D eigenvalue weighted by atomic mass is 10.1. The van der Waals surface area contributed by atoms with Crippen molar-refractivity contribution >= 4 is 17.4 Å². The fourth-order valence-electron chi connectivity index (χ4n) is 3.84. The number of carbonyl (C=O) groups is 1. The van der Waals surface area contributed by atoms with Crippen LogP contribution in [0.1, 0.15) is 42.0 Å². The Balaban J connectivity index is 1.63. The number of amides is 2. The minimum Gasteiger partial charge on any atom is -0.497 e. The van der Waals surface area contributed by atoms with E-state index in [-0.39, 0.29) is 6.03 Å². The number of aryl methyl sites for hydroxylation is 3. The average molecular weight is 420 g/mol. The molecule has 0 aliphatic carbocycles. The van der Waals surface area contributed by atoms with Crippen molar-refractivity contribution in [2.24, 2.45) is 0 Å². The van der Waals surface area contributed by atoms with E-state index in [4.69, 9.17) is 4.74 Å². The van der Waals surface area contributed by atoms with Gasteiger partial charge in [0.2, 0.25) is 0 Å². The Morgan fingerprint density at radius 3 is 2.61 bits per heavy atom. The van der Waals surface area contributed by atoms with Crippen LogP contribution >= 0.6 is 0 Å². The number of hydrogen-bond acceptors (Lipinski definition) is 4. The van der Waals surface area contributed by atoms with Gasteiger partial charge in [0, 0.05) is 24.3 Å². The van der Waals surface area contributed by atoms with E-state index >= 15 is 0 Å². The number of ether oxygens (including phenoxy) is 1. The number of carbonyl (C=O) groups excluding carboxylic acids is 1. The van der Waals surface area contributed by atoms with Gasteiger partial charge >= 0.3 is 6.03 Å². The highest BCUT2D eigenvalue weighted by atomic mass is 16.5. The largest absolute Gasteiger partial charge is 0.497 e. The van der Waals surface area contributed by atoms with Crippen LogP contribution in [0, 0.1) is 13.8 Å². The van der Waals surface area contributed by atoms with Crippen molar-refractivity contribution in [3.05, 3.63) is 65.2 Å². The van der Waals surface area contributed by atoms with Crippen LogP contribution in [0.5, 0.6) is 5.75 Å². The molecule has 0 spiro atoms. The van der Waals surface area contributed by atoms with Gasteiger partial charge in [-0.05, 0) is 74.2 Å². The number of rotatable bonds is 5. The Kier molecular flexibility index (Phi) is 6.21. The van der Waals surface area contributed by atoms with Crippen LogP contribution in [0.25, 0.3) is 0 Å². The minimum atomic E-state index is -0.209. The summed E-state index contributed by atoms with van der Waals surface area (Å²) in [6.45, 7) is 5.39. The zero-order valence-electron chi connectivity index (χ0n) is 18.4. The van der Waals surface area contributed by atoms with Gasteiger partial charge in [0.05, 0.1) is 13.7 Å². The summed E-state index contributed by atoms with van der Waals surface area (Å²) in [5, 5.41) is 11.8. The summed E-state index contributed by atoms with van der Waals surface area (Å²) < 4.78 is 7.39. The van der Waals surface area contributed by atoms with Crippen molar-refractivity contribution in [1.29, 1.82) is 0 Å². The van der Waals surface area contributed by atoms with Crippen LogP contribution < -0.4 is 15.0 Å². The molecule has 2 aromatic carbocycles. The molecule has 4 rings (SSSR count). The first-order valence-corrected chi connectivity index (χ1v) is 10.8. The second-order valence-corrected chi connectivity index (χ2v) is 8.01. The predicted molar refractivity (Wildman–Crippen MR) is 122 cm³/mol. The number of nitrogens with one attached hydrogen (secondary N) is 1. The van der Waals surface area contributed by atoms with Gasteiger partial charge in [0.1, 0.15) is 11.6 Å². The van der Waals surface area contributed by atoms with Crippen molar-refractivity contribution in [3.63, 3.8) is 0 Å². The zero-order valence-corrected chi connectivity index (χ0v) is 18.4. The van der Waals surface area contributed by atoms with E-state index in [1.807, 2.05) is 42.5 Å². The maximum Gasteiger partial charge on any atom is 0.326 e. The lowest BCUT2D eigenvalue weighted by molar-refractivity contribution is 0.256. The second kappa shape index (κ2) is 9.20. The van der Waals surface area contributed by atoms with Gasteiger partial charge in [0.25, 0.3) is 0 Å². The number of anilines is 2. The highest BCUT2D eigenvalue weighted by Gasteiger charge is 2.22. The van der Waals surface area contributed by atoms with Crippen molar-refractivity contribution < 1.29 is 9.53 Å². The maximum absolute atomic E-state index is 13.4. The van der Waals surface area contributed by atoms with E-state index in [0.717, 1.165) is 54.5 Å². The Bertz CT molecular complexity index is 1060. The number of aromatic nitrogens is 3. The van der Waals surface area contributed by atoms with Gasteiger partial charge in [0.15, 0.2) is 5.82 Å². The smallest absolute Gasteiger partial charge is 0.326 e. The minimum absolute atomic E-state index is 0.209. The number of methoxy groups -OCH3 is 1. The lowest BCUT2D eigenvalue weighted by Crippen LogP contribution is -2.35. The SMILES string of the molecule is COc1ccc(NC(=O)N(Cc2nnc3n2CCCCC3)c2ccc(C)c(C)c2)cc1. The van der Waals surface area contributed by atoms with Crippen LogP contribution in [0.3, 0.4) is 0 Å². The third-order valence-corrected chi connectivity index (χ3v) is 5.87. The molecule has 1 aromatic heterocycles. The molecule has 31 heavy (non-hydrogen) atoms. The Morgan fingerprint density at radius 2 is 1.87 bits per heavy atom. The third kappa shape index (κ3) is 4.71. The molecule has 1 N–H and O–H groups in total. The summed E-state index contributed by atoms with van der Waals surface area (Å²) in [7, 11) is 1.62. The maximum atomic E-state index is 13.4. The van der Waals surface area contributed by atoms with E-state index in [1.54, 1.807) is 12.0 Å². The van der Waals surface area contributed by atoms with Crippen LogP contribution in [0.4, 0.5) is 16.2 Å². The standard InChI is InChI=1S/C24H29N5O2/c1-17-8-11-20(15-18(17)2)29(24(30)25-19-9-12-21(31-3)13-10-19)16-23-27-26-22-7-5-4-6-14-28(22)23/h8-13,15H,4-7,14,16H2,1-3H3,(H,25,30). The molecule has 0 fully saturated rings. The molecule has 1 aliphatic rings. The van der Waals surface area contributed by atoms with Crippen LogP contribution in [0.15, 0.2) is 42.5 Å². The Labute approximate surface area is 183 Å². The van der Waals surface area contributed by atoms with E-state index in [2.05, 4.69) is 33.9 Å². The summed E-state index contributed by atoms with van der Waals surface area (Å²) in [6.07, 6.45) is 4.38. The Hall–Kier alpha value is -3.35. The molecule has 0 bridgehead atoms.